The van der Waals surface area contributed by atoms with E-state index in [2.05, 4.69) is 38.2 Å². The Bertz CT molecular complexity index is 891. The van der Waals surface area contributed by atoms with Crippen LogP contribution in [0.3, 0.4) is 0 Å². The molecule has 1 heterocycles. The zero-order valence-electron chi connectivity index (χ0n) is 17.9. The van der Waals surface area contributed by atoms with Crippen LogP contribution < -0.4 is 5.32 Å². The predicted octanol–water partition coefficient (Wildman–Crippen LogP) is 4.91. The fraction of sp³-hybridized carbons (Fsp3) is 0.417. The molecular weight excluding hydrogens is 399 g/mol. The van der Waals surface area contributed by atoms with Crippen LogP contribution in [0.25, 0.3) is 0 Å². The van der Waals surface area contributed by atoms with Gasteiger partial charge in [0.15, 0.2) is 0 Å². The predicted molar refractivity (Wildman–Crippen MR) is 120 cm³/mol. The molecule has 0 unspecified atom stereocenters. The van der Waals surface area contributed by atoms with Gasteiger partial charge in [0.25, 0.3) is 5.91 Å². The standard InChI is InChI=1S/C24H29FN2O2S/c1-5-14-26-21(28)20-15-30-23(17-6-10-18(11-7-17)24(2,3)4)27(20)22(29)16-8-12-19(25)13-9-16/h6-13,20,23H,5,14-15H2,1-4H3,(H,26,28)/t20-,23+/m0/s1. The van der Waals surface area contributed by atoms with Gasteiger partial charge in [-0.1, -0.05) is 52.0 Å². The van der Waals surface area contributed by atoms with Gasteiger partial charge >= 0.3 is 0 Å². The van der Waals surface area contributed by atoms with Gasteiger partial charge in [-0.15, -0.1) is 11.8 Å². The maximum absolute atomic E-state index is 13.4. The molecule has 0 aromatic heterocycles. The highest BCUT2D eigenvalue weighted by molar-refractivity contribution is 7.99. The average Bonchev–Trinajstić information content (AvgIpc) is 3.16. The van der Waals surface area contributed by atoms with Crippen molar-refractivity contribution in [2.75, 3.05) is 12.3 Å². The van der Waals surface area contributed by atoms with Crippen LogP contribution in [0.4, 0.5) is 4.39 Å². The molecule has 1 aliphatic rings. The molecule has 1 fully saturated rings. The molecule has 2 amide bonds. The molecule has 0 radical (unpaired) electrons. The molecule has 1 aliphatic heterocycles. The normalized spacial score (nSPS) is 19.0. The van der Waals surface area contributed by atoms with Gasteiger partial charge in [0.1, 0.15) is 17.2 Å². The third kappa shape index (κ3) is 4.86. The second kappa shape index (κ2) is 9.21. The van der Waals surface area contributed by atoms with Crippen molar-refractivity contribution in [1.82, 2.24) is 10.2 Å². The minimum Gasteiger partial charge on any atom is -0.354 e. The minimum atomic E-state index is -0.564. The SMILES string of the molecule is CCCNC(=O)[C@@H]1CS[C@H](c2ccc(C(C)(C)C)cc2)N1C(=O)c1ccc(F)cc1. The molecule has 1 saturated heterocycles. The quantitative estimate of drug-likeness (QED) is 0.736. The van der Waals surface area contributed by atoms with E-state index >= 15 is 0 Å². The van der Waals surface area contributed by atoms with Crippen molar-refractivity contribution in [3.63, 3.8) is 0 Å². The van der Waals surface area contributed by atoms with E-state index in [9.17, 15) is 14.0 Å². The maximum atomic E-state index is 13.4. The van der Waals surface area contributed by atoms with Gasteiger partial charge in [-0.2, -0.15) is 0 Å². The van der Waals surface area contributed by atoms with Crippen LogP contribution in [-0.4, -0.2) is 35.1 Å². The molecule has 0 saturated carbocycles. The highest BCUT2D eigenvalue weighted by atomic mass is 32.2. The highest BCUT2D eigenvalue weighted by Gasteiger charge is 2.42. The largest absolute Gasteiger partial charge is 0.354 e. The summed E-state index contributed by atoms with van der Waals surface area (Å²) in [5.41, 5.74) is 2.61. The molecule has 2 atom stereocenters. The molecule has 3 rings (SSSR count). The summed E-state index contributed by atoms with van der Waals surface area (Å²) < 4.78 is 13.4. The number of hydrogen-bond acceptors (Lipinski definition) is 3. The van der Waals surface area contributed by atoms with Crippen LogP contribution >= 0.6 is 11.8 Å². The van der Waals surface area contributed by atoms with Crippen LogP contribution in [0.15, 0.2) is 48.5 Å². The molecule has 6 heteroatoms. The van der Waals surface area contributed by atoms with Crippen molar-refractivity contribution in [2.45, 2.75) is 50.9 Å². The second-order valence-corrected chi connectivity index (χ2v) is 9.70. The third-order valence-corrected chi connectivity index (χ3v) is 6.56. The summed E-state index contributed by atoms with van der Waals surface area (Å²) in [6, 6.07) is 13.2. The number of amides is 2. The van der Waals surface area contributed by atoms with Crippen molar-refractivity contribution in [3.8, 4) is 0 Å². The lowest BCUT2D eigenvalue weighted by atomic mass is 9.86. The number of halogens is 1. The van der Waals surface area contributed by atoms with Crippen molar-refractivity contribution in [2.24, 2.45) is 0 Å². The topological polar surface area (TPSA) is 49.4 Å². The summed E-state index contributed by atoms with van der Waals surface area (Å²) >= 11 is 1.58. The lowest BCUT2D eigenvalue weighted by Gasteiger charge is -2.29. The Morgan fingerprint density at radius 2 is 1.73 bits per heavy atom. The first-order chi connectivity index (χ1) is 14.2. The van der Waals surface area contributed by atoms with E-state index in [1.165, 1.54) is 29.8 Å². The Labute approximate surface area is 182 Å². The van der Waals surface area contributed by atoms with Crippen LogP contribution in [-0.2, 0) is 10.2 Å². The van der Waals surface area contributed by atoms with Crippen LogP contribution in [0.2, 0.25) is 0 Å². The van der Waals surface area contributed by atoms with E-state index in [1.807, 2.05) is 19.1 Å². The summed E-state index contributed by atoms with van der Waals surface area (Å²) in [4.78, 5) is 27.8. The fourth-order valence-corrected chi connectivity index (χ4v) is 4.90. The van der Waals surface area contributed by atoms with Crippen LogP contribution in [0.5, 0.6) is 0 Å². The smallest absolute Gasteiger partial charge is 0.255 e. The van der Waals surface area contributed by atoms with Gasteiger partial charge in [-0.3, -0.25) is 9.59 Å². The van der Waals surface area contributed by atoms with E-state index < -0.39 is 11.9 Å². The van der Waals surface area contributed by atoms with Crippen molar-refractivity contribution >= 4 is 23.6 Å². The van der Waals surface area contributed by atoms with Gasteiger partial charge in [-0.05, 0) is 47.2 Å². The number of benzene rings is 2. The van der Waals surface area contributed by atoms with Crippen molar-refractivity contribution in [1.29, 1.82) is 0 Å². The molecule has 160 valence electrons. The Balaban J connectivity index is 1.93. The first kappa shape index (κ1) is 22.3. The van der Waals surface area contributed by atoms with E-state index in [0.717, 1.165) is 12.0 Å². The second-order valence-electron chi connectivity index (χ2n) is 8.58. The summed E-state index contributed by atoms with van der Waals surface area (Å²) in [6.45, 7) is 9.04. The molecular formula is C24H29FN2O2S. The molecule has 0 spiro atoms. The van der Waals surface area contributed by atoms with Gasteiger partial charge in [0.2, 0.25) is 5.91 Å². The fourth-order valence-electron chi connectivity index (χ4n) is 3.47. The number of carbonyl (C=O) groups excluding carboxylic acids is 2. The average molecular weight is 429 g/mol. The first-order valence-electron chi connectivity index (χ1n) is 10.3. The number of thioether (sulfide) groups is 1. The Morgan fingerprint density at radius 1 is 1.10 bits per heavy atom. The summed E-state index contributed by atoms with van der Waals surface area (Å²) in [7, 11) is 0. The van der Waals surface area contributed by atoms with Gasteiger partial charge < -0.3 is 10.2 Å². The summed E-state index contributed by atoms with van der Waals surface area (Å²) in [5.74, 6) is -0.280. The first-order valence-corrected chi connectivity index (χ1v) is 11.3. The van der Waals surface area contributed by atoms with Gasteiger partial charge in [0.05, 0.1) is 0 Å². The van der Waals surface area contributed by atoms with E-state index in [0.29, 0.717) is 17.9 Å². The Morgan fingerprint density at radius 3 is 2.30 bits per heavy atom. The van der Waals surface area contributed by atoms with E-state index in [4.69, 9.17) is 0 Å². The molecule has 4 nitrogen and oxygen atoms in total. The lowest BCUT2D eigenvalue weighted by molar-refractivity contribution is -0.124. The number of rotatable bonds is 5. The Kier molecular flexibility index (Phi) is 6.86. The third-order valence-electron chi connectivity index (χ3n) is 5.24. The molecule has 2 aromatic carbocycles. The molecule has 0 aliphatic carbocycles. The van der Waals surface area contributed by atoms with E-state index in [-0.39, 0.29) is 22.6 Å². The Hall–Kier alpha value is -2.34. The molecule has 2 aromatic rings. The monoisotopic (exact) mass is 428 g/mol. The van der Waals surface area contributed by atoms with Crippen LogP contribution in [0.1, 0.15) is 61.0 Å². The van der Waals surface area contributed by atoms with Gasteiger partial charge in [-0.25, -0.2) is 4.39 Å². The number of nitrogens with zero attached hydrogens (tertiary/aromatic N) is 1. The maximum Gasteiger partial charge on any atom is 0.255 e. The minimum absolute atomic E-state index is 0.0353. The number of hydrogen-bond donors (Lipinski definition) is 1. The van der Waals surface area contributed by atoms with Crippen molar-refractivity contribution < 1.29 is 14.0 Å². The summed E-state index contributed by atoms with van der Waals surface area (Å²) in [5, 5.41) is 2.65. The van der Waals surface area contributed by atoms with Crippen molar-refractivity contribution in [3.05, 3.63) is 71.0 Å². The highest BCUT2D eigenvalue weighted by Crippen LogP contribution is 2.42. The zero-order chi connectivity index (χ0) is 21.9. The van der Waals surface area contributed by atoms with Crippen LogP contribution in [0, 0.1) is 5.82 Å². The molecule has 0 bridgehead atoms. The summed E-state index contributed by atoms with van der Waals surface area (Å²) in [6.07, 6.45) is 0.829. The molecule has 1 N–H and O–H groups in total. The van der Waals surface area contributed by atoms with E-state index in [1.54, 1.807) is 16.7 Å². The zero-order valence-corrected chi connectivity index (χ0v) is 18.8. The lowest BCUT2D eigenvalue weighted by Crippen LogP contribution is -2.48. The molecule has 30 heavy (non-hydrogen) atoms. The number of nitrogens with one attached hydrogen (secondary N) is 1. The number of carbonyl (C=O) groups is 2. The van der Waals surface area contributed by atoms with Gasteiger partial charge in [0, 0.05) is 17.9 Å².